The number of hydrogen-bond donors (Lipinski definition) is 2. The summed E-state index contributed by atoms with van der Waals surface area (Å²) in [4.78, 5) is 24.7. The molecule has 0 aromatic heterocycles. The van der Waals surface area contributed by atoms with Gasteiger partial charge in [0.05, 0.1) is 6.04 Å². The molecule has 0 saturated heterocycles. The van der Waals surface area contributed by atoms with Crippen LogP contribution in [0.1, 0.15) is 25.5 Å². The van der Waals surface area contributed by atoms with Crippen molar-refractivity contribution in [3.63, 3.8) is 0 Å². The lowest BCUT2D eigenvalue weighted by molar-refractivity contribution is -0.150. The molecular weight excluding hydrogens is 268 g/mol. The summed E-state index contributed by atoms with van der Waals surface area (Å²) in [5, 5.41) is 2.61. The van der Waals surface area contributed by atoms with Gasteiger partial charge in [-0.25, -0.2) is 4.84 Å². The van der Waals surface area contributed by atoms with Crippen LogP contribution in [0.2, 0.25) is 0 Å². The number of nitrogens with one attached hydrogen (secondary N) is 2. The summed E-state index contributed by atoms with van der Waals surface area (Å²) in [5.41, 5.74) is -0.122. The van der Waals surface area contributed by atoms with Crippen molar-refractivity contribution in [2.45, 2.75) is 25.4 Å². The van der Waals surface area contributed by atoms with Crippen molar-refractivity contribution < 1.29 is 14.3 Å². The first kappa shape index (κ1) is 15.5. The molecule has 1 aromatic carbocycles. The van der Waals surface area contributed by atoms with Crippen LogP contribution >= 0.6 is 11.8 Å². The molecule has 0 saturated carbocycles. The van der Waals surface area contributed by atoms with E-state index in [1.165, 1.54) is 0 Å². The number of halogens is 1. The van der Waals surface area contributed by atoms with Crippen LogP contribution in [0.25, 0.3) is 0 Å². The molecule has 1 atom stereocenters. The van der Waals surface area contributed by atoms with E-state index in [0.717, 1.165) is 5.56 Å². The van der Waals surface area contributed by atoms with Gasteiger partial charge in [-0.3, -0.25) is 9.59 Å². The Morgan fingerprint density at radius 3 is 2.58 bits per heavy atom. The molecule has 1 rings (SSSR count). The number of carbonyl (C=O) groups is 2. The zero-order valence-electron chi connectivity index (χ0n) is 10.9. The molecule has 0 bridgehead atoms. The second kappa shape index (κ2) is 7.11. The van der Waals surface area contributed by atoms with Gasteiger partial charge in [0.2, 0.25) is 6.41 Å². The highest BCUT2D eigenvalue weighted by Crippen LogP contribution is 2.14. The van der Waals surface area contributed by atoms with Crippen molar-refractivity contribution in [2.24, 2.45) is 0 Å². The molecule has 0 heterocycles. The van der Waals surface area contributed by atoms with Crippen molar-refractivity contribution in [3.8, 4) is 0 Å². The molecule has 0 radical (unpaired) electrons. The predicted molar refractivity (Wildman–Crippen MR) is 72.4 cm³/mol. The summed E-state index contributed by atoms with van der Waals surface area (Å²) < 4.78 is 5.16. The molecule has 0 aliphatic carbocycles. The summed E-state index contributed by atoms with van der Waals surface area (Å²) in [6.45, 7) is 3.25. The summed E-state index contributed by atoms with van der Waals surface area (Å²) in [6.07, 6.45) is 0.580. The lowest BCUT2D eigenvalue weighted by Crippen LogP contribution is -2.44. The molecule has 0 unspecified atom stereocenters. The summed E-state index contributed by atoms with van der Waals surface area (Å²) in [6, 6.07) is 8.88. The fourth-order valence-corrected chi connectivity index (χ4v) is 1.46. The Morgan fingerprint density at radius 1 is 1.42 bits per heavy atom. The number of carbonyl (C=O) groups excluding carboxylic acids is 2. The van der Waals surface area contributed by atoms with Crippen LogP contribution in [0.5, 0.6) is 0 Å². The van der Waals surface area contributed by atoms with Gasteiger partial charge in [0.1, 0.15) is 12.1 Å². The maximum Gasteiger partial charge on any atom is 0.327 e. The number of rotatable bonds is 7. The average Bonchev–Trinajstić information content (AvgIpc) is 2.44. The first-order valence-electron chi connectivity index (χ1n) is 5.81. The van der Waals surface area contributed by atoms with Gasteiger partial charge < -0.3 is 10.1 Å². The summed E-state index contributed by atoms with van der Waals surface area (Å²) in [5.74, 6) is -0.490. The van der Waals surface area contributed by atoms with E-state index in [2.05, 4.69) is 10.2 Å². The van der Waals surface area contributed by atoms with Crippen molar-refractivity contribution >= 4 is 24.2 Å². The topological polar surface area (TPSA) is 67.4 Å². The number of ether oxygens (including phenoxy) is 1. The van der Waals surface area contributed by atoms with Gasteiger partial charge in [0.25, 0.3) is 0 Å². The zero-order chi connectivity index (χ0) is 14.3. The summed E-state index contributed by atoms with van der Waals surface area (Å²) >= 11 is 5.46. The standard InChI is InChI=1S/C13H17ClN2O3/c1-13(2,16-14)12(18)19-8-11(15-9-17)10-6-4-3-5-7-10/h3-7,9,11,16H,8H2,1-2H3,(H,15,17)/t11-/m1/s1. The average molecular weight is 285 g/mol. The van der Waals surface area contributed by atoms with Gasteiger partial charge in [0.15, 0.2) is 0 Å². The molecule has 5 nitrogen and oxygen atoms in total. The maximum absolute atomic E-state index is 11.8. The number of amides is 1. The van der Waals surface area contributed by atoms with Gasteiger partial charge >= 0.3 is 5.97 Å². The lowest BCUT2D eigenvalue weighted by Gasteiger charge is -2.22. The Morgan fingerprint density at radius 2 is 2.05 bits per heavy atom. The van der Waals surface area contributed by atoms with E-state index < -0.39 is 11.5 Å². The van der Waals surface area contributed by atoms with Crippen LogP contribution in [0.3, 0.4) is 0 Å². The fraction of sp³-hybridized carbons (Fsp3) is 0.385. The number of hydrogen-bond acceptors (Lipinski definition) is 4. The second-order valence-corrected chi connectivity index (χ2v) is 4.75. The molecule has 1 aromatic rings. The monoisotopic (exact) mass is 284 g/mol. The SMILES string of the molecule is CC(C)(NCl)C(=O)OC[C@@H](NC=O)c1ccccc1. The molecule has 1 amide bonds. The number of benzene rings is 1. The Balaban J connectivity index is 2.66. The van der Waals surface area contributed by atoms with Gasteiger partial charge in [-0.05, 0) is 31.2 Å². The van der Waals surface area contributed by atoms with Crippen LogP contribution in [-0.4, -0.2) is 24.5 Å². The Labute approximate surface area is 117 Å². The third-order valence-electron chi connectivity index (χ3n) is 2.60. The first-order valence-corrected chi connectivity index (χ1v) is 6.18. The van der Waals surface area contributed by atoms with E-state index in [-0.39, 0.29) is 12.6 Å². The van der Waals surface area contributed by atoms with E-state index in [1.807, 2.05) is 30.3 Å². The van der Waals surface area contributed by atoms with Crippen molar-refractivity contribution in [2.75, 3.05) is 6.61 Å². The fourth-order valence-electron chi connectivity index (χ4n) is 1.39. The Kier molecular flexibility index (Phi) is 5.79. The number of esters is 1. The summed E-state index contributed by atoms with van der Waals surface area (Å²) in [7, 11) is 0. The van der Waals surface area contributed by atoms with Crippen LogP contribution in [0.15, 0.2) is 30.3 Å². The molecule has 6 heteroatoms. The van der Waals surface area contributed by atoms with Crippen LogP contribution in [-0.2, 0) is 14.3 Å². The highest BCUT2D eigenvalue weighted by atomic mass is 35.5. The molecule has 19 heavy (non-hydrogen) atoms. The Bertz CT molecular complexity index is 423. The zero-order valence-corrected chi connectivity index (χ0v) is 11.6. The van der Waals surface area contributed by atoms with E-state index in [0.29, 0.717) is 6.41 Å². The van der Waals surface area contributed by atoms with Crippen molar-refractivity contribution in [3.05, 3.63) is 35.9 Å². The minimum Gasteiger partial charge on any atom is -0.462 e. The Hall–Kier alpha value is -1.59. The molecule has 2 N–H and O–H groups in total. The largest absolute Gasteiger partial charge is 0.462 e. The highest BCUT2D eigenvalue weighted by Gasteiger charge is 2.29. The molecule has 0 aliphatic heterocycles. The third-order valence-corrected chi connectivity index (χ3v) is 3.07. The first-order chi connectivity index (χ1) is 9.01. The van der Waals surface area contributed by atoms with Gasteiger partial charge in [0, 0.05) is 0 Å². The molecule has 0 aliphatic rings. The minimum absolute atomic E-state index is 0.0452. The minimum atomic E-state index is -0.982. The maximum atomic E-state index is 11.8. The van der Waals surface area contributed by atoms with E-state index in [1.54, 1.807) is 13.8 Å². The molecule has 104 valence electrons. The van der Waals surface area contributed by atoms with Gasteiger partial charge in [-0.15, -0.1) is 0 Å². The van der Waals surface area contributed by atoms with Crippen LogP contribution in [0.4, 0.5) is 0 Å². The second-order valence-electron chi connectivity index (χ2n) is 4.57. The quantitative estimate of drug-likeness (QED) is 0.453. The van der Waals surface area contributed by atoms with E-state index >= 15 is 0 Å². The predicted octanol–water partition coefficient (Wildman–Crippen LogP) is 1.54. The smallest absolute Gasteiger partial charge is 0.327 e. The molecule has 0 spiro atoms. The third kappa shape index (κ3) is 4.54. The van der Waals surface area contributed by atoms with E-state index in [9.17, 15) is 9.59 Å². The molecule has 0 fully saturated rings. The lowest BCUT2D eigenvalue weighted by atomic mass is 10.1. The van der Waals surface area contributed by atoms with Crippen molar-refractivity contribution in [1.29, 1.82) is 0 Å². The van der Waals surface area contributed by atoms with Gasteiger partial charge in [-0.2, -0.15) is 0 Å². The highest BCUT2D eigenvalue weighted by molar-refractivity contribution is 6.15. The van der Waals surface area contributed by atoms with E-state index in [4.69, 9.17) is 16.5 Å². The normalized spacial score (nSPS) is 12.6. The van der Waals surface area contributed by atoms with Gasteiger partial charge in [-0.1, -0.05) is 30.3 Å². The van der Waals surface area contributed by atoms with Crippen LogP contribution < -0.4 is 10.2 Å². The molecular formula is C13H17ClN2O3. The van der Waals surface area contributed by atoms with Crippen LogP contribution in [0, 0.1) is 0 Å². The van der Waals surface area contributed by atoms with Crippen molar-refractivity contribution in [1.82, 2.24) is 10.2 Å².